The number of piperidine rings is 1. The molecule has 20 heavy (non-hydrogen) atoms. The van der Waals surface area contributed by atoms with E-state index in [-0.39, 0.29) is 23.5 Å². The number of ether oxygens (including phenoxy) is 1. The van der Waals surface area contributed by atoms with Crippen LogP contribution >= 0.6 is 0 Å². The zero-order chi connectivity index (χ0) is 15.2. The van der Waals surface area contributed by atoms with E-state index in [9.17, 15) is 9.59 Å². The molecule has 0 spiro atoms. The van der Waals surface area contributed by atoms with Gasteiger partial charge in [-0.2, -0.15) is 0 Å². The van der Waals surface area contributed by atoms with E-state index in [1.165, 1.54) is 0 Å². The first-order chi connectivity index (χ1) is 9.35. The number of carbonyl (C=O) groups is 2. The minimum atomic E-state index is -0.383. The van der Waals surface area contributed by atoms with Crippen LogP contribution in [0, 0.1) is 0 Å². The van der Waals surface area contributed by atoms with Crippen molar-refractivity contribution in [2.24, 2.45) is 0 Å². The van der Waals surface area contributed by atoms with Crippen molar-refractivity contribution >= 4 is 11.9 Å². The Hall–Kier alpha value is -1.10. The summed E-state index contributed by atoms with van der Waals surface area (Å²) in [7, 11) is 0. The molecule has 1 fully saturated rings. The molecule has 1 heterocycles. The van der Waals surface area contributed by atoms with Gasteiger partial charge in [0.25, 0.3) is 0 Å². The second kappa shape index (κ2) is 7.62. The maximum Gasteiger partial charge on any atom is 0.328 e. The molecule has 1 rings (SSSR count). The summed E-state index contributed by atoms with van der Waals surface area (Å²) in [6.45, 7) is 9.66. The van der Waals surface area contributed by atoms with Gasteiger partial charge in [-0.25, -0.2) is 4.79 Å². The van der Waals surface area contributed by atoms with Crippen molar-refractivity contribution in [3.05, 3.63) is 0 Å². The first kappa shape index (κ1) is 17.0. The number of esters is 1. The summed E-state index contributed by atoms with van der Waals surface area (Å²) < 4.78 is 5.07. The lowest BCUT2D eigenvalue weighted by molar-refractivity contribution is -0.156. The van der Waals surface area contributed by atoms with E-state index in [2.05, 4.69) is 26.1 Å². The second-order valence-corrected chi connectivity index (χ2v) is 6.28. The average molecular weight is 284 g/mol. The molecule has 0 radical (unpaired) electrons. The van der Waals surface area contributed by atoms with Crippen molar-refractivity contribution in [1.29, 1.82) is 0 Å². The molecule has 0 aromatic rings. The quantitative estimate of drug-likeness (QED) is 0.781. The fraction of sp³-hybridized carbons (Fsp3) is 0.867. The van der Waals surface area contributed by atoms with E-state index >= 15 is 0 Å². The maximum atomic E-state index is 12.3. The molecule has 1 aliphatic heterocycles. The molecular formula is C15H28N2O3. The highest BCUT2D eigenvalue weighted by Gasteiger charge is 2.32. The number of nitrogens with zero attached hydrogens (tertiary/aromatic N) is 1. The lowest BCUT2D eigenvalue weighted by atomic mass is 10.0. The van der Waals surface area contributed by atoms with Crippen LogP contribution in [-0.2, 0) is 14.3 Å². The highest BCUT2D eigenvalue weighted by molar-refractivity contribution is 5.84. The Kier molecular flexibility index (Phi) is 6.46. The molecule has 0 bridgehead atoms. The zero-order valence-electron chi connectivity index (χ0n) is 13.2. The number of nitrogens with one attached hydrogen (secondary N) is 1. The van der Waals surface area contributed by atoms with E-state index in [0.717, 1.165) is 19.3 Å². The molecular weight excluding hydrogens is 256 g/mol. The molecule has 0 aliphatic carbocycles. The van der Waals surface area contributed by atoms with Gasteiger partial charge in [0.1, 0.15) is 6.04 Å². The molecule has 5 heteroatoms. The van der Waals surface area contributed by atoms with Crippen molar-refractivity contribution in [3.63, 3.8) is 0 Å². The predicted molar refractivity (Wildman–Crippen MR) is 78.4 cm³/mol. The molecule has 116 valence electrons. The average Bonchev–Trinajstić information content (AvgIpc) is 2.37. The fourth-order valence-corrected chi connectivity index (χ4v) is 2.40. The third-order valence-electron chi connectivity index (χ3n) is 3.38. The van der Waals surface area contributed by atoms with E-state index in [1.54, 1.807) is 11.8 Å². The summed E-state index contributed by atoms with van der Waals surface area (Å²) in [5, 5.41) is 3.30. The molecule has 0 aromatic heterocycles. The van der Waals surface area contributed by atoms with Crippen molar-refractivity contribution in [2.75, 3.05) is 19.7 Å². The summed E-state index contributed by atoms with van der Waals surface area (Å²) in [4.78, 5) is 25.9. The van der Waals surface area contributed by atoms with E-state index in [4.69, 9.17) is 4.74 Å². The molecule has 1 unspecified atom stereocenters. The number of hydrogen-bond acceptors (Lipinski definition) is 4. The van der Waals surface area contributed by atoms with Crippen LogP contribution in [0.1, 0.15) is 53.4 Å². The summed E-state index contributed by atoms with van der Waals surface area (Å²) >= 11 is 0. The van der Waals surface area contributed by atoms with Crippen LogP contribution in [0.4, 0.5) is 0 Å². The molecule has 1 atom stereocenters. The van der Waals surface area contributed by atoms with Gasteiger partial charge in [0.15, 0.2) is 0 Å². The topological polar surface area (TPSA) is 58.6 Å². The number of likely N-dealkylation sites (tertiary alicyclic amines) is 1. The van der Waals surface area contributed by atoms with Gasteiger partial charge in [0.2, 0.25) is 5.91 Å². The van der Waals surface area contributed by atoms with Crippen LogP contribution in [0.15, 0.2) is 0 Å². The Labute approximate surface area is 122 Å². The normalized spacial score (nSPS) is 19.8. The molecule has 1 saturated heterocycles. The SMILES string of the molecule is CCOC(=O)C1CCCCN1C(=O)CCNC(C)(C)C. The largest absolute Gasteiger partial charge is 0.464 e. The van der Waals surface area contributed by atoms with Gasteiger partial charge in [0.05, 0.1) is 6.61 Å². The Morgan fingerprint density at radius 1 is 1.30 bits per heavy atom. The lowest BCUT2D eigenvalue weighted by Crippen LogP contribution is -2.49. The molecule has 0 saturated carbocycles. The Morgan fingerprint density at radius 2 is 2.00 bits per heavy atom. The maximum absolute atomic E-state index is 12.3. The Balaban J connectivity index is 2.52. The second-order valence-electron chi connectivity index (χ2n) is 6.28. The van der Waals surface area contributed by atoms with Gasteiger partial charge >= 0.3 is 5.97 Å². The fourth-order valence-electron chi connectivity index (χ4n) is 2.40. The van der Waals surface area contributed by atoms with Crippen molar-refractivity contribution in [2.45, 2.75) is 65.0 Å². The van der Waals surface area contributed by atoms with Gasteiger partial charge in [-0.05, 0) is 47.0 Å². The van der Waals surface area contributed by atoms with Crippen LogP contribution < -0.4 is 5.32 Å². The standard InChI is InChI=1S/C15H28N2O3/c1-5-20-14(19)12-8-6-7-11-17(12)13(18)9-10-16-15(2,3)4/h12,16H,5-11H2,1-4H3. The van der Waals surface area contributed by atoms with Crippen LogP contribution in [-0.4, -0.2) is 48.1 Å². The minimum absolute atomic E-state index is 0.00270. The van der Waals surface area contributed by atoms with Crippen LogP contribution in [0.2, 0.25) is 0 Å². The van der Waals surface area contributed by atoms with E-state index in [1.807, 2.05) is 0 Å². The van der Waals surface area contributed by atoms with E-state index < -0.39 is 0 Å². The smallest absolute Gasteiger partial charge is 0.328 e. The number of amides is 1. The summed E-state index contributed by atoms with van der Waals surface area (Å²) in [6.07, 6.45) is 3.09. The third kappa shape index (κ3) is 5.49. The molecule has 0 aromatic carbocycles. The molecule has 1 N–H and O–H groups in total. The van der Waals surface area contributed by atoms with Gasteiger partial charge in [-0.3, -0.25) is 4.79 Å². The van der Waals surface area contributed by atoms with Gasteiger partial charge < -0.3 is 15.0 Å². The van der Waals surface area contributed by atoms with Gasteiger partial charge in [-0.15, -0.1) is 0 Å². The summed E-state index contributed by atoms with van der Waals surface area (Å²) in [6, 6.07) is -0.383. The zero-order valence-corrected chi connectivity index (χ0v) is 13.2. The molecule has 1 aliphatic rings. The summed E-state index contributed by atoms with van der Waals surface area (Å²) in [5.41, 5.74) is 0.00270. The monoisotopic (exact) mass is 284 g/mol. The number of carbonyl (C=O) groups excluding carboxylic acids is 2. The van der Waals surface area contributed by atoms with Crippen molar-refractivity contribution in [3.8, 4) is 0 Å². The summed E-state index contributed by atoms with van der Waals surface area (Å²) in [5.74, 6) is -0.219. The van der Waals surface area contributed by atoms with Crippen LogP contribution in [0.3, 0.4) is 0 Å². The third-order valence-corrected chi connectivity index (χ3v) is 3.38. The van der Waals surface area contributed by atoms with Gasteiger partial charge in [-0.1, -0.05) is 0 Å². The number of rotatable bonds is 5. The lowest BCUT2D eigenvalue weighted by Gasteiger charge is -2.34. The first-order valence-corrected chi connectivity index (χ1v) is 7.56. The molecule has 1 amide bonds. The molecule has 5 nitrogen and oxygen atoms in total. The Bertz CT molecular complexity index is 337. The minimum Gasteiger partial charge on any atom is -0.464 e. The Morgan fingerprint density at radius 3 is 2.60 bits per heavy atom. The predicted octanol–water partition coefficient (Wildman–Crippen LogP) is 1.71. The first-order valence-electron chi connectivity index (χ1n) is 7.56. The highest BCUT2D eigenvalue weighted by atomic mass is 16.5. The van der Waals surface area contributed by atoms with Crippen LogP contribution in [0.5, 0.6) is 0 Å². The van der Waals surface area contributed by atoms with Crippen molar-refractivity contribution in [1.82, 2.24) is 10.2 Å². The number of hydrogen-bond donors (Lipinski definition) is 1. The van der Waals surface area contributed by atoms with E-state index in [0.29, 0.717) is 26.1 Å². The van der Waals surface area contributed by atoms with Crippen molar-refractivity contribution < 1.29 is 14.3 Å². The van der Waals surface area contributed by atoms with Crippen LogP contribution in [0.25, 0.3) is 0 Å². The van der Waals surface area contributed by atoms with Gasteiger partial charge in [0, 0.05) is 25.0 Å². The highest BCUT2D eigenvalue weighted by Crippen LogP contribution is 2.19.